The van der Waals surface area contributed by atoms with Crippen LogP contribution < -0.4 is 15.2 Å². The second-order valence-electron chi connectivity index (χ2n) is 6.10. The van der Waals surface area contributed by atoms with Gasteiger partial charge in [0.2, 0.25) is 0 Å². The Balaban J connectivity index is 1.86. The van der Waals surface area contributed by atoms with Gasteiger partial charge in [0.15, 0.2) is 11.5 Å². The van der Waals surface area contributed by atoms with Crippen LogP contribution in [0.25, 0.3) is 0 Å². The van der Waals surface area contributed by atoms with Crippen LogP contribution in [-0.4, -0.2) is 43.8 Å². The van der Waals surface area contributed by atoms with Gasteiger partial charge in [-0.15, -0.1) is 0 Å². The third-order valence-corrected chi connectivity index (χ3v) is 4.28. The molecule has 2 aliphatic rings. The molecule has 2 N–H and O–H groups in total. The van der Waals surface area contributed by atoms with Crippen molar-refractivity contribution in [3.63, 3.8) is 0 Å². The largest absolute Gasteiger partial charge is 0.493 e. The number of hydrogen-bond acceptors (Lipinski definition) is 4. The second-order valence-corrected chi connectivity index (χ2v) is 6.53. The summed E-state index contributed by atoms with van der Waals surface area (Å²) in [5.74, 6) is 1.51. The average molecular weight is 297 g/mol. The Bertz CT molecular complexity index is 511. The molecule has 0 aromatic heterocycles. The maximum Gasteiger partial charge on any atom is 0.165 e. The molecule has 0 atom stereocenters. The highest BCUT2D eigenvalue weighted by atomic mass is 35.5. The van der Waals surface area contributed by atoms with E-state index in [-0.39, 0.29) is 11.6 Å². The van der Waals surface area contributed by atoms with Gasteiger partial charge >= 0.3 is 0 Å². The van der Waals surface area contributed by atoms with Crippen LogP contribution in [0.5, 0.6) is 11.5 Å². The van der Waals surface area contributed by atoms with Gasteiger partial charge in [0.1, 0.15) is 6.10 Å². The molecular weight excluding hydrogens is 276 g/mol. The van der Waals surface area contributed by atoms with Crippen LogP contribution in [0.2, 0.25) is 5.02 Å². The van der Waals surface area contributed by atoms with Crippen molar-refractivity contribution in [3.05, 3.63) is 22.7 Å². The number of nitrogens with zero attached hydrogens (tertiary/aromatic N) is 1. The number of nitrogens with two attached hydrogens (primary N) is 1. The minimum absolute atomic E-state index is 0.0792. The molecule has 0 spiro atoms. The van der Waals surface area contributed by atoms with Gasteiger partial charge in [-0.3, -0.25) is 4.90 Å². The number of methoxy groups -OCH3 is 1. The fourth-order valence-corrected chi connectivity index (χ4v) is 2.87. The number of rotatable bonds is 5. The van der Waals surface area contributed by atoms with E-state index in [0.29, 0.717) is 10.8 Å². The van der Waals surface area contributed by atoms with E-state index in [1.54, 1.807) is 13.2 Å². The van der Waals surface area contributed by atoms with Crippen LogP contribution in [-0.2, 0) is 6.42 Å². The standard InChI is InChI=1S/C15H21ClN2O2/c1-18-8-12(9-18)20-14-10(7-15(17)3-4-15)5-11(16)6-13(14)19-2/h5-6,12H,3-4,7-9,17H2,1-2H3. The van der Waals surface area contributed by atoms with Crippen molar-refractivity contribution in [2.75, 3.05) is 27.2 Å². The van der Waals surface area contributed by atoms with Gasteiger partial charge in [0.25, 0.3) is 0 Å². The summed E-state index contributed by atoms with van der Waals surface area (Å²) >= 11 is 6.17. The Hall–Kier alpha value is -0.970. The number of ether oxygens (including phenoxy) is 2. The van der Waals surface area contributed by atoms with Crippen LogP contribution >= 0.6 is 11.6 Å². The van der Waals surface area contributed by atoms with Gasteiger partial charge in [-0.1, -0.05) is 11.6 Å². The third-order valence-electron chi connectivity index (χ3n) is 4.07. The van der Waals surface area contributed by atoms with Gasteiger partial charge < -0.3 is 15.2 Å². The lowest BCUT2D eigenvalue weighted by atomic mass is 10.0. The van der Waals surface area contributed by atoms with Gasteiger partial charge in [0, 0.05) is 35.3 Å². The van der Waals surface area contributed by atoms with Crippen LogP contribution in [0.1, 0.15) is 18.4 Å². The SMILES string of the molecule is COc1cc(Cl)cc(CC2(N)CC2)c1OC1CN(C)C1. The summed E-state index contributed by atoms with van der Waals surface area (Å²) in [6.45, 7) is 1.89. The van der Waals surface area contributed by atoms with Crippen LogP contribution in [0.3, 0.4) is 0 Å². The molecule has 1 aliphatic carbocycles. The first kappa shape index (κ1) is 14.0. The van der Waals surface area contributed by atoms with E-state index in [1.165, 1.54) is 0 Å². The quantitative estimate of drug-likeness (QED) is 0.904. The van der Waals surface area contributed by atoms with E-state index in [4.69, 9.17) is 26.8 Å². The van der Waals surface area contributed by atoms with E-state index >= 15 is 0 Å². The topological polar surface area (TPSA) is 47.7 Å². The molecule has 1 aromatic rings. The molecule has 1 aromatic carbocycles. The maximum atomic E-state index is 6.24. The summed E-state index contributed by atoms with van der Waals surface area (Å²) in [7, 11) is 3.73. The van der Waals surface area contributed by atoms with Crippen LogP contribution in [0.15, 0.2) is 12.1 Å². The molecule has 0 unspecified atom stereocenters. The van der Waals surface area contributed by atoms with Gasteiger partial charge in [-0.2, -0.15) is 0 Å². The minimum Gasteiger partial charge on any atom is -0.493 e. The normalized spacial score (nSPS) is 21.4. The van der Waals surface area contributed by atoms with E-state index < -0.39 is 0 Å². The number of likely N-dealkylation sites (tertiary alicyclic amines) is 1. The summed E-state index contributed by atoms with van der Waals surface area (Å²) in [6, 6.07) is 3.76. The summed E-state index contributed by atoms with van der Waals surface area (Å²) < 4.78 is 11.6. The summed E-state index contributed by atoms with van der Waals surface area (Å²) in [5, 5.41) is 0.666. The highest BCUT2D eigenvalue weighted by Gasteiger charge is 2.39. The van der Waals surface area contributed by atoms with E-state index in [2.05, 4.69) is 11.9 Å². The highest BCUT2D eigenvalue weighted by molar-refractivity contribution is 6.30. The van der Waals surface area contributed by atoms with Gasteiger partial charge in [-0.05, 0) is 32.4 Å². The molecule has 1 aliphatic heterocycles. The minimum atomic E-state index is -0.0792. The van der Waals surface area contributed by atoms with Crippen molar-refractivity contribution in [3.8, 4) is 11.5 Å². The monoisotopic (exact) mass is 296 g/mol. The predicted octanol–water partition coefficient (Wildman–Crippen LogP) is 2.08. The first-order chi connectivity index (χ1) is 9.49. The van der Waals surface area contributed by atoms with Crippen molar-refractivity contribution in [2.24, 2.45) is 5.73 Å². The van der Waals surface area contributed by atoms with Crippen molar-refractivity contribution in [1.29, 1.82) is 0 Å². The Morgan fingerprint density at radius 1 is 1.40 bits per heavy atom. The van der Waals surface area contributed by atoms with Crippen LogP contribution in [0.4, 0.5) is 0 Å². The van der Waals surface area contributed by atoms with E-state index in [0.717, 1.165) is 43.7 Å². The number of hydrogen-bond donors (Lipinski definition) is 1. The van der Waals surface area contributed by atoms with Crippen molar-refractivity contribution >= 4 is 11.6 Å². The van der Waals surface area contributed by atoms with Gasteiger partial charge in [-0.25, -0.2) is 0 Å². The molecule has 0 radical (unpaired) electrons. The molecule has 110 valence electrons. The van der Waals surface area contributed by atoms with Crippen molar-refractivity contribution in [2.45, 2.75) is 30.9 Å². The molecule has 0 amide bonds. The summed E-state index contributed by atoms with van der Waals surface area (Å²) in [5.41, 5.74) is 7.22. The van der Waals surface area contributed by atoms with Crippen molar-refractivity contribution < 1.29 is 9.47 Å². The Labute approximate surface area is 124 Å². The highest BCUT2D eigenvalue weighted by Crippen LogP contribution is 2.42. The predicted molar refractivity (Wildman–Crippen MR) is 79.8 cm³/mol. The zero-order chi connectivity index (χ0) is 14.3. The fraction of sp³-hybridized carbons (Fsp3) is 0.600. The molecule has 1 saturated carbocycles. The first-order valence-electron chi connectivity index (χ1n) is 6.99. The number of halogens is 1. The van der Waals surface area contributed by atoms with Gasteiger partial charge in [0.05, 0.1) is 7.11 Å². The molecule has 0 bridgehead atoms. The first-order valence-corrected chi connectivity index (χ1v) is 7.37. The molecule has 1 saturated heterocycles. The third kappa shape index (κ3) is 2.87. The fourth-order valence-electron chi connectivity index (χ4n) is 2.64. The summed E-state index contributed by atoms with van der Waals surface area (Å²) in [6.07, 6.45) is 3.14. The Morgan fingerprint density at radius 3 is 2.65 bits per heavy atom. The smallest absolute Gasteiger partial charge is 0.165 e. The number of benzene rings is 1. The maximum absolute atomic E-state index is 6.24. The van der Waals surface area contributed by atoms with E-state index in [1.807, 2.05) is 6.07 Å². The lowest BCUT2D eigenvalue weighted by Gasteiger charge is -2.36. The lowest BCUT2D eigenvalue weighted by Crippen LogP contribution is -2.51. The zero-order valence-corrected chi connectivity index (χ0v) is 12.7. The molecule has 2 fully saturated rings. The molecule has 1 heterocycles. The van der Waals surface area contributed by atoms with Crippen molar-refractivity contribution in [1.82, 2.24) is 4.90 Å². The molecular formula is C15H21ClN2O2. The average Bonchev–Trinajstić information content (AvgIpc) is 3.07. The Kier molecular flexibility index (Phi) is 3.56. The van der Waals surface area contributed by atoms with E-state index in [9.17, 15) is 0 Å². The molecule has 3 rings (SSSR count). The molecule has 5 heteroatoms. The summed E-state index contributed by atoms with van der Waals surface area (Å²) in [4.78, 5) is 2.22. The van der Waals surface area contributed by atoms with Crippen LogP contribution in [0, 0.1) is 0 Å². The number of likely N-dealkylation sites (N-methyl/N-ethyl adjacent to an activating group) is 1. The molecule has 4 nitrogen and oxygen atoms in total. The lowest BCUT2D eigenvalue weighted by molar-refractivity contribution is 0.0362. The molecule has 20 heavy (non-hydrogen) atoms. The second kappa shape index (κ2) is 5.10. The Morgan fingerprint density at radius 2 is 2.10 bits per heavy atom. The zero-order valence-electron chi connectivity index (χ0n) is 12.0.